The van der Waals surface area contributed by atoms with E-state index in [1.165, 1.54) is 5.56 Å². The van der Waals surface area contributed by atoms with Crippen molar-refractivity contribution < 1.29 is 19.1 Å². The second kappa shape index (κ2) is 8.47. The number of rotatable bonds is 6. The SMILES string of the molecule is COc1ccc(CCc2ccc(NC(=O)C3Oc4c(n(C)c5ccccc45)C3=O)cc2)cc1. The molecule has 1 atom stereocenters. The summed E-state index contributed by atoms with van der Waals surface area (Å²) in [7, 11) is 3.47. The number of methoxy groups -OCH3 is 1. The van der Waals surface area contributed by atoms with E-state index in [1.54, 1.807) is 11.7 Å². The molecule has 1 unspecified atom stereocenters. The Morgan fingerprint density at radius 2 is 1.61 bits per heavy atom. The third-order valence-electron chi connectivity index (χ3n) is 6.09. The Morgan fingerprint density at radius 3 is 2.27 bits per heavy atom. The normalized spacial score (nSPS) is 14.7. The van der Waals surface area contributed by atoms with Gasteiger partial charge >= 0.3 is 0 Å². The minimum absolute atomic E-state index is 0.322. The molecule has 33 heavy (non-hydrogen) atoms. The molecule has 0 bridgehead atoms. The maximum Gasteiger partial charge on any atom is 0.273 e. The fourth-order valence-corrected chi connectivity index (χ4v) is 4.27. The number of hydrogen-bond donors (Lipinski definition) is 1. The van der Waals surface area contributed by atoms with Crippen LogP contribution < -0.4 is 14.8 Å². The van der Waals surface area contributed by atoms with E-state index in [0.717, 1.165) is 35.1 Å². The topological polar surface area (TPSA) is 69.6 Å². The van der Waals surface area contributed by atoms with Crippen LogP contribution >= 0.6 is 0 Å². The Labute approximate surface area is 191 Å². The molecule has 6 nitrogen and oxygen atoms in total. The smallest absolute Gasteiger partial charge is 0.273 e. The Kier molecular flexibility index (Phi) is 5.34. The molecule has 1 amide bonds. The van der Waals surface area contributed by atoms with Gasteiger partial charge in [-0.25, -0.2) is 0 Å². The molecule has 0 spiro atoms. The fraction of sp³-hybridized carbons (Fsp3) is 0.185. The summed E-state index contributed by atoms with van der Waals surface area (Å²) in [6.07, 6.45) is 0.611. The van der Waals surface area contributed by atoms with E-state index in [-0.39, 0.29) is 5.78 Å². The summed E-state index contributed by atoms with van der Waals surface area (Å²) in [5, 5.41) is 3.65. The number of carbonyl (C=O) groups excluding carboxylic acids is 2. The zero-order valence-corrected chi connectivity index (χ0v) is 18.5. The van der Waals surface area contributed by atoms with Crippen LogP contribution in [0.1, 0.15) is 21.6 Å². The molecular weight excluding hydrogens is 416 g/mol. The van der Waals surface area contributed by atoms with Gasteiger partial charge in [0.25, 0.3) is 5.91 Å². The van der Waals surface area contributed by atoms with Gasteiger partial charge in [-0.15, -0.1) is 0 Å². The quantitative estimate of drug-likeness (QED) is 0.447. The number of anilines is 1. The van der Waals surface area contributed by atoms with Crippen LogP contribution in [-0.4, -0.2) is 29.5 Å². The number of nitrogens with zero attached hydrogens (tertiary/aromatic N) is 1. The van der Waals surface area contributed by atoms with Crippen LogP contribution in [0, 0.1) is 0 Å². The van der Waals surface area contributed by atoms with Gasteiger partial charge in [-0.05, 0) is 60.4 Å². The van der Waals surface area contributed by atoms with Crippen LogP contribution in [0.4, 0.5) is 5.69 Å². The summed E-state index contributed by atoms with van der Waals surface area (Å²) in [6, 6.07) is 23.3. The first-order valence-corrected chi connectivity index (χ1v) is 10.9. The van der Waals surface area contributed by atoms with E-state index >= 15 is 0 Å². The van der Waals surface area contributed by atoms with Crippen molar-refractivity contribution in [3.05, 3.63) is 89.6 Å². The first kappa shape index (κ1) is 20.8. The Morgan fingerprint density at radius 1 is 0.970 bits per heavy atom. The van der Waals surface area contributed by atoms with Gasteiger partial charge in [0.2, 0.25) is 11.9 Å². The van der Waals surface area contributed by atoms with Crippen molar-refractivity contribution in [3.8, 4) is 11.5 Å². The van der Waals surface area contributed by atoms with Gasteiger partial charge in [0.1, 0.15) is 11.4 Å². The highest BCUT2D eigenvalue weighted by Crippen LogP contribution is 2.38. The van der Waals surface area contributed by atoms with Crippen LogP contribution in [0.2, 0.25) is 0 Å². The van der Waals surface area contributed by atoms with Crippen LogP contribution in [-0.2, 0) is 24.7 Å². The summed E-state index contributed by atoms with van der Waals surface area (Å²) in [5.74, 6) is 0.538. The first-order valence-electron chi connectivity index (χ1n) is 10.9. The van der Waals surface area contributed by atoms with E-state index in [2.05, 4.69) is 17.4 Å². The van der Waals surface area contributed by atoms with Gasteiger partial charge < -0.3 is 19.4 Å². The van der Waals surface area contributed by atoms with E-state index < -0.39 is 12.0 Å². The highest BCUT2D eigenvalue weighted by Gasteiger charge is 2.41. The van der Waals surface area contributed by atoms with Crippen LogP contribution in [0.15, 0.2) is 72.8 Å². The fourth-order valence-electron chi connectivity index (χ4n) is 4.27. The molecule has 2 heterocycles. The van der Waals surface area contributed by atoms with Crippen molar-refractivity contribution >= 4 is 28.3 Å². The number of benzene rings is 3. The lowest BCUT2D eigenvalue weighted by atomic mass is 10.0. The lowest BCUT2D eigenvalue weighted by molar-refractivity contribution is -0.120. The third-order valence-corrected chi connectivity index (χ3v) is 6.09. The number of ether oxygens (including phenoxy) is 2. The number of Topliss-reactive ketones (excluding diaryl/α,β-unsaturated/α-hetero) is 1. The molecular formula is C27H24N2O4. The Hall–Kier alpha value is -4.06. The van der Waals surface area contributed by atoms with Gasteiger partial charge in [-0.1, -0.05) is 36.4 Å². The molecule has 1 aliphatic heterocycles. The van der Waals surface area contributed by atoms with Gasteiger partial charge in [-0.3, -0.25) is 9.59 Å². The molecule has 0 aliphatic carbocycles. The van der Waals surface area contributed by atoms with Gasteiger partial charge in [0.05, 0.1) is 12.6 Å². The molecule has 1 aromatic heterocycles. The molecule has 0 saturated carbocycles. The second-order valence-electron chi connectivity index (χ2n) is 8.15. The number of aromatic nitrogens is 1. The Bertz CT molecular complexity index is 1340. The molecule has 166 valence electrons. The minimum atomic E-state index is -1.18. The molecule has 6 heteroatoms. The molecule has 1 aliphatic rings. The summed E-state index contributed by atoms with van der Waals surface area (Å²) in [6.45, 7) is 0. The van der Waals surface area contributed by atoms with Crippen molar-refractivity contribution in [2.24, 2.45) is 7.05 Å². The zero-order chi connectivity index (χ0) is 22.9. The Balaban J connectivity index is 1.22. The molecule has 4 aromatic rings. The summed E-state index contributed by atoms with van der Waals surface area (Å²) >= 11 is 0. The highest BCUT2D eigenvalue weighted by atomic mass is 16.5. The van der Waals surface area contributed by atoms with Gasteiger partial charge in [0, 0.05) is 18.1 Å². The van der Waals surface area contributed by atoms with Crippen LogP contribution in [0.5, 0.6) is 11.5 Å². The van der Waals surface area contributed by atoms with Crippen molar-refractivity contribution in [2.45, 2.75) is 18.9 Å². The van der Waals surface area contributed by atoms with E-state index in [4.69, 9.17) is 9.47 Å². The number of ketones is 1. The van der Waals surface area contributed by atoms with Crippen molar-refractivity contribution in [1.82, 2.24) is 4.57 Å². The van der Waals surface area contributed by atoms with Crippen molar-refractivity contribution in [1.29, 1.82) is 0 Å². The number of para-hydroxylation sites is 1. The standard InChI is InChI=1S/C27H24N2O4/c1-29-22-6-4-3-5-21(22)25-23(29)24(30)26(33-25)27(31)28-19-13-9-17(10-14-19)7-8-18-11-15-20(32-2)16-12-18/h3-6,9-16,26H,7-8H2,1-2H3,(H,28,31). The van der Waals surface area contributed by atoms with Crippen molar-refractivity contribution in [3.63, 3.8) is 0 Å². The average molecular weight is 440 g/mol. The lowest BCUT2D eigenvalue weighted by Crippen LogP contribution is -2.36. The summed E-state index contributed by atoms with van der Waals surface area (Å²) < 4.78 is 12.8. The second-order valence-corrected chi connectivity index (χ2v) is 8.15. The van der Waals surface area contributed by atoms with Gasteiger partial charge in [-0.2, -0.15) is 0 Å². The summed E-state index contributed by atoms with van der Waals surface area (Å²) in [4.78, 5) is 25.7. The molecule has 1 N–H and O–H groups in total. The van der Waals surface area contributed by atoms with Crippen LogP contribution in [0.3, 0.4) is 0 Å². The predicted octanol–water partition coefficient (Wildman–Crippen LogP) is 4.55. The minimum Gasteiger partial charge on any atom is -0.497 e. The van der Waals surface area contributed by atoms with Crippen LogP contribution in [0.25, 0.3) is 10.9 Å². The lowest BCUT2D eigenvalue weighted by Gasteiger charge is -2.12. The maximum atomic E-state index is 12.9. The molecule has 5 rings (SSSR count). The predicted molar refractivity (Wildman–Crippen MR) is 127 cm³/mol. The number of fused-ring (bicyclic) bond motifs is 3. The molecule has 0 saturated heterocycles. The average Bonchev–Trinajstić information content (AvgIpc) is 3.34. The van der Waals surface area contributed by atoms with E-state index in [9.17, 15) is 9.59 Å². The van der Waals surface area contributed by atoms with E-state index in [1.807, 2.05) is 67.7 Å². The number of hydrogen-bond acceptors (Lipinski definition) is 4. The van der Waals surface area contributed by atoms with Gasteiger partial charge in [0.15, 0.2) is 5.75 Å². The monoisotopic (exact) mass is 440 g/mol. The third kappa shape index (κ3) is 3.84. The first-order chi connectivity index (χ1) is 16.0. The molecule has 0 fully saturated rings. The van der Waals surface area contributed by atoms with Crippen molar-refractivity contribution in [2.75, 3.05) is 12.4 Å². The summed E-state index contributed by atoms with van der Waals surface area (Å²) in [5.41, 5.74) is 4.36. The number of carbonyl (C=O) groups is 2. The molecule has 3 aromatic carbocycles. The largest absolute Gasteiger partial charge is 0.497 e. The molecule has 0 radical (unpaired) electrons. The maximum absolute atomic E-state index is 12.9. The van der Waals surface area contributed by atoms with E-state index in [0.29, 0.717) is 17.1 Å². The number of nitrogens with one attached hydrogen (secondary N) is 1. The highest BCUT2D eigenvalue weighted by molar-refractivity contribution is 6.21. The number of amides is 1. The zero-order valence-electron chi connectivity index (χ0n) is 18.5. The number of aryl methyl sites for hydroxylation is 3.